The standard InChI is InChI=1S/C22H24F2N6O3.C6H10F2/c1-11-19(30-33-29-11)21(32)25-10-17-26-15-5-4-14(7-16(15)27-17)20(13-2-3-13)28-18(31)6-12-8-22(23,24)9-12;7-6(8)4-2-1-3-5-6/h4-5,7,12-13,20H,2-3,6,8-10H2,1H3,(H,25,32)(H,26,27)(H,28,31);1-5H2. The van der Waals surface area contributed by atoms with Gasteiger partial charge in [0.05, 0.1) is 23.6 Å². The summed E-state index contributed by atoms with van der Waals surface area (Å²) in [5.41, 5.74) is 3.00. The van der Waals surface area contributed by atoms with Crippen molar-refractivity contribution in [1.82, 2.24) is 30.9 Å². The second-order valence-electron chi connectivity index (χ2n) is 11.5. The molecule has 3 aromatic rings. The Hall–Kier alpha value is -3.51. The van der Waals surface area contributed by atoms with Crippen molar-refractivity contribution < 1.29 is 31.8 Å². The number of carbonyl (C=O) groups excluding carboxylic acids is 2. The second kappa shape index (κ2) is 11.8. The van der Waals surface area contributed by atoms with E-state index < -0.39 is 17.8 Å². The molecule has 0 aliphatic heterocycles. The summed E-state index contributed by atoms with van der Waals surface area (Å²) in [6.45, 7) is 1.80. The number of aromatic nitrogens is 4. The highest BCUT2D eigenvalue weighted by Gasteiger charge is 2.46. The van der Waals surface area contributed by atoms with Gasteiger partial charge in [-0.05, 0) is 67.3 Å². The van der Waals surface area contributed by atoms with E-state index >= 15 is 0 Å². The maximum absolute atomic E-state index is 13.1. The summed E-state index contributed by atoms with van der Waals surface area (Å²) in [6, 6.07) is 5.58. The third-order valence-electron chi connectivity index (χ3n) is 7.84. The first-order chi connectivity index (χ1) is 19.5. The lowest BCUT2D eigenvalue weighted by atomic mass is 9.79. The number of rotatable bonds is 8. The Labute approximate surface area is 234 Å². The monoisotopic (exact) mass is 578 g/mol. The largest absolute Gasteiger partial charge is 0.349 e. The zero-order chi connectivity index (χ0) is 29.2. The smallest absolute Gasteiger partial charge is 0.275 e. The molecule has 2 heterocycles. The van der Waals surface area contributed by atoms with Crippen LogP contribution in [0.3, 0.4) is 0 Å². The molecule has 3 fully saturated rings. The molecule has 1 unspecified atom stereocenters. The van der Waals surface area contributed by atoms with Gasteiger partial charge in [0.25, 0.3) is 5.91 Å². The molecule has 9 nitrogen and oxygen atoms in total. The topological polar surface area (TPSA) is 126 Å². The van der Waals surface area contributed by atoms with Crippen LogP contribution < -0.4 is 10.6 Å². The Balaban J connectivity index is 0.000000365. The molecule has 41 heavy (non-hydrogen) atoms. The molecule has 13 heteroatoms. The van der Waals surface area contributed by atoms with E-state index in [2.05, 4.69) is 35.5 Å². The van der Waals surface area contributed by atoms with Crippen LogP contribution in [0, 0.1) is 18.8 Å². The number of carbonyl (C=O) groups is 2. The Morgan fingerprint density at radius 2 is 1.80 bits per heavy atom. The van der Waals surface area contributed by atoms with Crippen LogP contribution in [0.25, 0.3) is 11.0 Å². The van der Waals surface area contributed by atoms with Gasteiger partial charge >= 0.3 is 0 Å². The molecule has 2 aromatic heterocycles. The number of alkyl halides is 4. The molecule has 1 atom stereocenters. The summed E-state index contributed by atoms with van der Waals surface area (Å²) in [5.74, 6) is -4.86. The minimum Gasteiger partial charge on any atom is -0.349 e. The highest BCUT2D eigenvalue weighted by molar-refractivity contribution is 5.92. The quantitative estimate of drug-likeness (QED) is 0.291. The highest BCUT2D eigenvalue weighted by atomic mass is 19.3. The fraction of sp³-hybridized carbons (Fsp3) is 0.607. The number of benzene rings is 1. The summed E-state index contributed by atoms with van der Waals surface area (Å²) in [5, 5.41) is 13.0. The lowest BCUT2D eigenvalue weighted by Crippen LogP contribution is -2.39. The Morgan fingerprint density at radius 1 is 1.07 bits per heavy atom. The maximum atomic E-state index is 13.1. The first-order valence-electron chi connectivity index (χ1n) is 14.1. The SMILES string of the molecule is Cc1nonc1C(=O)NCc1nc2ccc(C(NC(=O)CC3CC(F)(F)C3)C3CC3)cc2[nH]1.FC1(F)CCCCC1. The van der Waals surface area contributed by atoms with Crippen molar-refractivity contribution in [2.45, 2.75) is 95.6 Å². The fourth-order valence-electron chi connectivity index (χ4n) is 5.44. The molecule has 3 aliphatic rings. The molecule has 1 aromatic carbocycles. The number of aryl methyl sites for hydroxylation is 1. The number of imidazole rings is 1. The number of aromatic amines is 1. The van der Waals surface area contributed by atoms with E-state index in [1.165, 1.54) is 0 Å². The summed E-state index contributed by atoms with van der Waals surface area (Å²) in [6.07, 6.45) is 4.41. The molecule has 3 aliphatic carbocycles. The fourth-order valence-corrected chi connectivity index (χ4v) is 5.44. The first-order valence-corrected chi connectivity index (χ1v) is 14.1. The second-order valence-corrected chi connectivity index (χ2v) is 11.5. The van der Waals surface area contributed by atoms with Crippen molar-refractivity contribution in [2.75, 3.05) is 0 Å². The van der Waals surface area contributed by atoms with E-state index in [1.54, 1.807) is 6.92 Å². The van der Waals surface area contributed by atoms with Gasteiger partial charge in [-0.3, -0.25) is 9.59 Å². The number of nitrogens with zero attached hydrogens (tertiary/aromatic N) is 3. The number of hydrogen-bond acceptors (Lipinski definition) is 6. The predicted molar refractivity (Wildman–Crippen MR) is 140 cm³/mol. The summed E-state index contributed by atoms with van der Waals surface area (Å²) < 4.78 is 55.1. The van der Waals surface area contributed by atoms with Gasteiger partial charge in [-0.1, -0.05) is 17.6 Å². The maximum Gasteiger partial charge on any atom is 0.275 e. The van der Waals surface area contributed by atoms with E-state index in [9.17, 15) is 27.2 Å². The van der Waals surface area contributed by atoms with Crippen molar-refractivity contribution >= 4 is 22.8 Å². The van der Waals surface area contributed by atoms with Crippen LogP contribution in [0.1, 0.15) is 97.8 Å². The van der Waals surface area contributed by atoms with Crippen LogP contribution in [0.4, 0.5) is 17.6 Å². The van der Waals surface area contributed by atoms with Crippen LogP contribution in [0.5, 0.6) is 0 Å². The number of halogens is 4. The van der Waals surface area contributed by atoms with Gasteiger partial charge < -0.3 is 15.6 Å². The molecular formula is C28H34F4N6O3. The van der Waals surface area contributed by atoms with Crippen LogP contribution in [0.15, 0.2) is 22.8 Å². The summed E-state index contributed by atoms with van der Waals surface area (Å²) in [4.78, 5) is 32.4. The molecule has 3 N–H and O–H groups in total. The normalized spacial score (nSPS) is 20.4. The average Bonchev–Trinajstić information content (AvgIpc) is 3.51. The molecule has 222 valence electrons. The lowest BCUT2D eigenvalue weighted by molar-refractivity contribution is -0.134. The summed E-state index contributed by atoms with van der Waals surface area (Å²) >= 11 is 0. The number of H-pyrrole nitrogens is 1. The van der Waals surface area contributed by atoms with Crippen LogP contribution in [0.2, 0.25) is 0 Å². The summed E-state index contributed by atoms with van der Waals surface area (Å²) in [7, 11) is 0. The van der Waals surface area contributed by atoms with Crippen LogP contribution in [-0.4, -0.2) is 43.9 Å². The van der Waals surface area contributed by atoms with E-state index in [4.69, 9.17) is 0 Å². The Morgan fingerprint density at radius 3 is 2.39 bits per heavy atom. The zero-order valence-electron chi connectivity index (χ0n) is 22.8. The number of hydrogen-bond donors (Lipinski definition) is 3. The van der Waals surface area contributed by atoms with Gasteiger partial charge in [0, 0.05) is 32.1 Å². The van der Waals surface area contributed by atoms with E-state index in [-0.39, 0.29) is 62.2 Å². The van der Waals surface area contributed by atoms with Crippen molar-refractivity contribution in [3.63, 3.8) is 0 Å². The highest BCUT2D eigenvalue weighted by Crippen LogP contribution is 2.45. The van der Waals surface area contributed by atoms with Crippen LogP contribution in [-0.2, 0) is 11.3 Å². The van der Waals surface area contributed by atoms with Crippen molar-refractivity contribution in [3.05, 3.63) is 41.0 Å². The predicted octanol–water partition coefficient (Wildman–Crippen LogP) is 5.77. The molecular weight excluding hydrogens is 544 g/mol. The third kappa shape index (κ3) is 7.62. The lowest BCUT2D eigenvalue weighted by Gasteiger charge is -2.34. The molecule has 0 radical (unpaired) electrons. The number of fused-ring (bicyclic) bond motifs is 1. The first kappa shape index (κ1) is 29.0. The van der Waals surface area contributed by atoms with Gasteiger partial charge in [0.1, 0.15) is 11.5 Å². The molecule has 6 rings (SSSR count). The minimum atomic E-state index is -2.62. The third-order valence-corrected chi connectivity index (χ3v) is 7.84. The molecule has 2 amide bonds. The molecule has 0 saturated heterocycles. The average molecular weight is 579 g/mol. The molecule has 0 spiro atoms. The number of nitrogens with one attached hydrogen (secondary N) is 3. The van der Waals surface area contributed by atoms with Gasteiger partial charge in [-0.2, -0.15) is 0 Å². The Bertz CT molecular complexity index is 1370. The zero-order valence-corrected chi connectivity index (χ0v) is 22.8. The Kier molecular flexibility index (Phi) is 8.32. The van der Waals surface area contributed by atoms with Crippen LogP contribution >= 0.6 is 0 Å². The van der Waals surface area contributed by atoms with Crippen molar-refractivity contribution in [3.8, 4) is 0 Å². The van der Waals surface area contributed by atoms with Crippen molar-refractivity contribution in [2.24, 2.45) is 11.8 Å². The van der Waals surface area contributed by atoms with E-state index in [0.29, 0.717) is 30.3 Å². The van der Waals surface area contributed by atoms with Gasteiger partial charge in [-0.25, -0.2) is 27.2 Å². The van der Waals surface area contributed by atoms with Gasteiger partial charge in [0.2, 0.25) is 17.8 Å². The number of amides is 2. The van der Waals surface area contributed by atoms with Gasteiger partial charge in [0.15, 0.2) is 5.69 Å². The molecule has 0 bridgehead atoms. The van der Waals surface area contributed by atoms with Crippen molar-refractivity contribution in [1.29, 1.82) is 0 Å². The molecule has 3 saturated carbocycles. The van der Waals surface area contributed by atoms with E-state index in [1.807, 2.05) is 18.2 Å². The van der Waals surface area contributed by atoms with Gasteiger partial charge in [-0.15, -0.1) is 0 Å². The minimum absolute atomic E-state index is 0.118. The van der Waals surface area contributed by atoms with E-state index in [0.717, 1.165) is 35.9 Å².